The van der Waals surface area contributed by atoms with Gasteiger partial charge in [-0.1, -0.05) is 24.3 Å². The first-order valence-corrected chi connectivity index (χ1v) is 12.7. The number of hydrogen-bond acceptors (Lipinski definition) is 5. The van der Waals surface area contributed by atoms with Crippen LogP contribution in [0.2, 0.25) is 0 Å². The molecule has 1 saturated heterocycles. The summed E-state index contributed by atoms with van der Waals surface area (Å²) in [4.78, 5) is 26.7. The van der Waals surface area contributed by atoms with Crippen molar-refractivity contribution < 1.29 is 22.7 Å². The van der Waals surface area contributed by atoms with Crippen LogP contribution in [0.5, 0.6) is 0 Å². The van der Waals surface area contributed by atoms with Crippen LogP contribution in [0.3, 0.4) is 0 Å². The second-order valence-electron chi connectivity index (χ2n) is 8.74. The molecule has 0 saturated carbocycles. The minimum Gasteiger partial charge on any atom is -0.373 e. The van der Waals surface area contributed by atoms with Crippen LogP contribution in [0.4, 0.5) is 5.69 Å². The summed E-state index contributed by atoms with van der Waals surface area (Å²) in [5, 5.41) is 2.82. The van der Waals surface area contributed by atoms with Crippen LogP contribution < -0.4 is 5.32 Å². The van der Waals surface area contributed by atoms with Gasteiger partial charge in [-0.25, -0.2) is 8.42 Å². The van der Waals surface area contributed by atoms with Crippen LogP contribution in [0, 0.1) is 0 Å². The fraction of sp³-hybridized carbons (Fsp3) is 0.360. The van der Waals surface area contributed by atoms with Gasteiger partial charge in [-0.15, -0.1) is 0 Å². The number of carbonyl (C=O) groups excluding carboxylic acids is 2. The van der Waals surface area contributed by atoms with Gasteiger partial charge in [0.05, 0.1) is 29.6 Å². The Labute approximate surface area is 200 Å². The molecule has 4 rings (SSSR count). The van der Waals surface area contributed by atoms with Crippen LogP contribution in [-0.4, -0.2) is 54.7 Å². The first-order chi connectivity index (χ1) is 16.1. The van der Waals surface area contributed by atoms with Gasteiger partial charge in [-0.2, -0.15) is 4.31 Å². The number of hydrogen-bond donors (Lipinski definition) is 1. The monoisotopic (exact) mass is 483 g/mol. The summed E-state index contributed by atoms with van der Waals surface area (Å²) in [6.07, 6.45) is 3.29. The number of ether oxygens (including phenoxy) is 1. The number of anilines is 1. The lowest BCUT2D eigenvalue weighted by Crippen LogP contribution is -2.48. The second-order valence-corrected chi connectivity index (χ2v) is 10.7. The van der Waals surface area contributed by atoms with Gasteiger partial charge in [0.1, 0.15) is 0 Å². The maximum atomic E-state index is 13.0. The van der Waals surface area contributed by atoms with Crippen molar-refractivity contribution in [1.29, 1.82) is 0 Å². The third-order valence-corrected chi connectivity index (χ3v) is 7.86. The summed E-state index contributed by atoms with van der Waals surface area (Å²) in [6, 6.07) is 13.4. The molecule has 0 aromatic heterocycles. The number of sulfonamides is 1. The minimum absolute atomic E-state index is 0.0739. The standard InChI is InChI=1S/C25H29N3O5S/c1-17-15-27(16-18(2)33-17)34(31,32)22-10-8-21(9-11-22)26-25(30)14-24-23-7-5-4-6-20(23)12-13-28(24)19(3)29/h4-13,17-18,24H,14-16H2,1-3H3,(H,26,30). The van der Waals surface area contributed by atoms with Crippen molar-refractivity contribution in [2.24, 2.45) is 0 Å². The third kappa shape index (κ3) is 5.06. The van der Waals surface area contributed by atoms with Crippen molar-refractivity contribution in [1.82, 2.24) is 9.21 Å². The van der Waals surface area contributed by atoms with E-state index < -0.39 is 16.1 Å². The Bertz CT molecular complexity index is 1200. The number of nitrogens with one attached hydrogen (secondary N) is 1. The molecule has 2 aromatic rings. The summed E-state index contributed by atoms with van der Waals surface area (Å²) in [5.41, 5.74) is 2.37. The molecule has 2 aromatic carbocycles. The van der Waals surface area contributed by atoms with Gasteiger partial charge in [0.2, 0.25) is 21.8 Å². The first kappa shape index (κ1) is 24.1. The number of morpholine rings is 1. The Kier molecular flexibility index (Phi) is 6.88. The number of nitrogens with zero attached hydrogens (tertiary/aromatic N) is 2. The van der Waals surface area contributed by atoms with Gasteiger partial charge in [0.15, 0.2) is 0 Å². The van der Waals surface area contributed by atoms with E-state index in [0.29, 0.717) is 18.8 Å². The van der Waals surface area contributed by atoms with Gasteiger partial charge in [-0.05, 0) is 55.3 Å². The van der Waals surface area contributed by atoms with Gasteiger partial charge in [0, 0.05) is 31.9 Å². The van der Waals surface area contributed by atoms with E-state index in [0.717, 1.165) is 11.1 Å². The summed E-state index contributed by atoms with van der Waals surface area (Å²) >= 11 is 0. The Morgan fingerprint density at radius 1 is 1.03 bits per heavy atom. The molecule has 0 spiro atoms. The van der Waals surface area contributed by atoms with Crippen molar-refractivity contribution in [3.05, 3.63) is 65.9 Å². The zero-order valence-corrected chi connectivity index (χ0v) is 20.3. The Hall–Kier alpha value is -3.01. The van der Waals surface area contributed by atoms with Gasteiger partial charge in [-0.3, -0.25) is 9.59 Å². The summed E-state index contributed by atoms with van der Waals surface area (Å²) < 4.78 is 33.1. The SMILES string of the molecule is CC(=O)N1C=Cc2ccccc2C1CC(=O)Nc1ccc(S(=O)(=O)N2CC(C)OC(C)C2)cc1. The highest BCUT2D eigenvalue weighted by molar-refractivity contribution is 7.89. The molecule has 1 fully saturated rings. The number of benzene rings is 2. The smallest absolute Gasteiger partial charge is 0.243 e. The molecule has 2 aliphatic heterocycles. The zero-order valence-electron chi connectivity index (χ0n) is 19.5. The quantitative estimate of drug-likeness (QED) is 0.703. The van der Waals surface area contributed by atoms with E-state index in [1.54, 1.807) is 23.2 Å². The fourth-order valence-corrected chi connectivity index (χ4v) is 6.08. The maximum Gasteiger partial charge on any atom is 0.243 e. The number of fused-ring (bicyclic) bond motifs is 1. The van der Waals surface area contributed by atoms with E-state index in [9.17, 15) is 18.0 Å². The molecule has 2 aliphatic rings. The summed E-state index contributed by atoms with van der Waals surface area (Å²) in [7, 11) is -3.66. The summed E-state index contributed by atoms with van der Waals surface area (Å²) in [5.74, 6) is -0.419. The van der Waals surface area contributed by atoms with Gasteiger partial charge >= 0.3 is 0 Å². The Morgan fingerprint density at radius 3 is 2.32 bits per heavy atom. The number of carbonyl (C=O) groups is 2. The average Bonchev–Trinajstić information content (AvgIpc) is 2.79. The fourth-order valence-electron chi connectivity index (χ4n) is 4.49. The Balaban J connectivity index is 1.46. The molecule has 180 valence electrons. The normalized spacial score (nSPS) is 22.8. The predicted octanol–water partition coefficient (Wildman–Crippen LogP) is 3.39. The topological polar surface area (TPSA) is 96.0 Å². The molecule has 9 heteroatoms. The van der Waals surface area contributed by atoms with E-state index in [2.05, 4.69) is 5.32 Å². The van der Waals surface area contributed by atoms with Crippen LogP contribution in [0.1, 0.15) is 44.4 Å². The molecule has 2 amide bonds. The van der Waals surface area contributed by atoms with Gasteiger partial charge < -0.3 is 15.0 Å². The number of amides is 2. The van der Waals surface area contributed by atoms with Crippen molar-refractivity contribution >= 4 is 33.6 Å². The average molecular weight is 484 g/mol. The minimum atomic E-state index is -3.66. The molecule has 0 bridgehead atoms. The van der Waals surface area contributed by atoms with Crippen LogP contribution in [-0.2, 0) is 24.3 Å². The lowest BCUT2D eigenvalue weighted by molar-refractivity contribution is -0.129. The largest absolute Gasteiger partial charge is 0.373 e. The van der Waals surface area contributed by atoms with Crippen molar-refractivity contribution in [2.75, 3.05) is 18.4 Å². The molecule has 2 heterocycles. The van der Waals surface area contributed by atoms with Crippen molar-refractivity contribution in [3.8, 4) is 0 Å². The van der Waals surface area contributed by atoms with E-state index >= 15 is 0 Å². The molecule has 34 heavy (non-hydrogen) atoms. The third-order valence-electron chi connectivity index (χ3n) is 6.01. The van der Waals surface area contributed by atoms with Crippen molar-refractivity contribution in [2.45, 2.75) is 50.3 Å². The molecule has 0 radical (unpaired) electrons. The van der Waals surface area contributed by atoms with E-state index in [1.807, 2.05) is 44.2 Å². The molecule has 3 atom stereocenters. The number of rotatable bonds is 5. The zero-order chi connectivity index (χ0) is 24.5. The Morgan fingerprint density at radius 2 is 1.68 bits per heavy atom. The second kappa shape index (κ2) is 9.69. The molecule has 0 aliphatic carbocycles. The lowest BCUT2D eigenvalue weighted by Gasteiger charge is -2.34. The van der Waals surface area contributed by atoms with E-state index in [4.69, 9.17) is 4.74 Å². The predicted molar refractivity (Wildman–Crippen MR) is 129 cm³/mol. The van der Waals surface area contributed by atoms with Gasteiger partial charge in [0.25, 0.3) is 0 Å². The van der Waals surface area contributed by atoms with Crippen LogP contribution in [0.25, 0.3) is 6.08 Å². The highest BCUT2D eigenvalue weighted by Crippen LogP contribution is 2.33. The van der Waals surface area contributed by atoms with Crippen molar-refractivity contribution in [3.63, 3.8) is 0 Å². The lowest BCUT2D eigenvalue weighted by atomic mass is 9.93. The molecular weight excluding hydrogens is 454 g/mol. The molecular formula is C25H29N3O5S. The molecule has 3 unspecified atom stereocenters. The highest BCUT2D eigenvalue weighted by Gasteiger charge is 2.32. The maximum absolute atomic E-state index is 13.0. The molecule has 1 N–H and O–H groups in total. The van der Waals surface area contributed by atoms with Crippen LogP contribution >= 0.6 is 0 Å². The van der Waals surface area contributed by atoms with Crippen LogP contribution in [0.15, 0.2) is 59.6 Å². The molecule has 8 nitrogen and oxygen atoms in total. The highest BCUT2D eigenvalue weighted by atomic mass is 32.2. The summed E-state index contributed by atoms with van der Waals surface area (Å²) in [6.45, 7) is 5.78. The first-order valence-electron chi connectivity index (χ1n) is 11.3. The van der Waals surface area contributed by atoms with E-state index in [1.165, 1.54) is 23.4 Å². The van der Waals surface area contributed by atoms with E-state index in [-0.39, 0.29) is 35.3 Å².